The summed E-state index contributed by atoms with van der Waals surface area (Å²) >= 11 is 3.74. The molecule has 0 spiro atoms. The molecule has 0 radical (unpaired) electrons. The molecule has 2 amide bonds. The third-order valence-corrected chi connectivity index (χ3v) is 8.86. The van der Waals surface area contributed by atoms with E-state index in [0.717, 1.165) is 11.3 Å². The van der Waals surface area contributed by atoms with Crippen LogP contribution in [0, 0.1) is 5.41 Å². The molecule has 1 fully saturated rings. The predicted octanol–water partition coefficient (Wildman–Crippen LogP) is 0.994. The van der Waals surface area contributed by atoms with Crippen molar-refractivity contribution in [1.82, 2.24) is 15.2 Å². The summed E-state index contributed by atoms with van der Waals surface area (Å²) in [6, 6.07) is -0.982. The number of hydrogen-bond donors (Lipinski definition) is 2. The first kappa shape index (κ1) is 30.4. The highest BCUT2D eigenvalue weighted by atomic mass is 32.2. The Kier molecular flexibility index (Phi) is 9.28. The fraction of sp³-hybridized carbons (Fsp3) is 0.458. The zero-order valence-electron chi connectivity index (χ0n) is 22.5. The molecule has 14 nitrogen and oxygen atoms in total. The molecule has 2 atom stereocenters. The maximum absolute atomic E-state index is 13.3. The number of fused-ring (bicyclic) bond motifs is 1. The van der Waals surface area contributed by atoms with Gasteiger partial charge >= 0.3 is 17.9 Å². The van der Waals surface area contributed by atoms with Crippen LogP contribution in [-0.4, -0.2) is 88.7 Å². The number of aromatic nitrogens is 1. The summed E-state index contributed by atoms with van der Waals surface area (Å²) in [5, 5.41) is 7.50. The Morgan fingerprint density at radius 3 is 2.66 bits per heavy atom. The average molecular weight is 626 g/mol. The van der Waals surface area contributed by atoms with E-state index in [2.05, 4.69) is 15.5 Å². The number of rotatable bonds is 10. The van der Waals surface area contributed by atoms with Gasteiger partial charge in [-0.25, -0.2) is 14.6 Å². The molecule has 3 aliphatic rings. The van der Waals surface area contributed by atoms with Gasteiger partial charge in [0.05, 0.1) is 5.41 Å². The van der Waals surface area contributed by atoms with Crippen molar-refractivity contribution in [3.05, 3.63) is 33.3 Å². The van der Waals surface area contributed by atoms with Crippen molar-refractivity contribution >= 4 is 75.4 Å². The summed E-state index contributed by atoms with van der Waals surface area (Å²) in [6.45, 7) is 4.46. The molecule has 4 heterocycles. The number of anilines is 1. The lowest BCUT2D eigenvalue weighted by Gasteiger charge is -2.49. The molecule has 220 valence electrons. The molecule has 4 rings (SSSR count). The summed E-state index contributed by atoms with van der Waals surface area (Å²) in [4.78, 5) is 73.8. The Bertz CT molecular complexity index is 1360. The summed E-state index contributed by atoms with van der Waals surface area (Å²) < 4.78 is 15.2. The summed E-state index contributed by atoms with van der Waals surface area (Å²) in [5.41, 5.74) is 5.45. The molecule has 1 saturated heterocycles. The van der Waals surface area contributed by atoms with E-state index < -0.39 is 53.3 Å². The van der Waals surface area contributed by atoms with Gasteiger partial charge in [-0.15, -0.1) is 34.9 Å². The standard InChI is InChI=1S/C24H27N5O9S3/c1-24(2,3)22(34)38-10-37-21(33)17-11(7-39-12-5-14(30)36-6-12)8-40-20-16(19(32)29(17)20)27-18(31)15(28-35-4)13-9-41-23(25)26-13/h5,9,16,20H,6-8,10H2,1-4H3,(H2,25,26)(H,27,31)/b28-15-/t16-,20-/m1/s1. The lowest BCUT2D eigenvalue weighted by atomic mass is 9.98. The van der Waals surface area contributed by atoms with Gasteiger partial charge in [0, 0.05) is 27.9 Å². The molecule has 1 aromatic heterocycles. The lowest BCUT2D eigenvalue weighted by Crippen LogP contribution is -2.71. The number of oxime groups is 1. The molecule has 0 aliphatic carbocycles. The third kappa shape index (κ3) is 6.84. The van der Waals surface area contributed by atoms with E-state index in [-0.39, 0.29) is 34.6 Å². The number of carbonyl (C=O) groups excluding carboxylic acids is 5. The Hall–Kier alpha value is -3.57. The first-order chi connectivity index (χ1) is 19.4. The second kappa shape index (κ2) is 12.5. The number of thiazole rings is 1. The van der Waals surface area contributed by atoms with E-state index in [4.69, 9.17) is 24.8 Å². The normalized spacial score (nSPS) is 20.5. The van der Waals surface area contributed by atoms with Crippen LogP contribution in [-0.2, 0) is 43.0 Å². The quantitative estimate of drug-likeness (QED) is 0.123. The SMILES string of the molecule is CO/N=C(\C(=O)N[C@@H]1C(=O)N2C(C(=O)OCOC(=O)C(C)(C)C)=C(CSC3=CC(=O)OC3)CS[C@H]12)c1csc(N)n1. The van der Waals surface area contributed by atoms with Gasteiger partial charge in [-0.2, -0.15) is 0 Å². The molecule has 0 saturated carbocycles. The van der Waals surface area contributed by atoms with Crippen LogP contribution in [0.3, 0.4) is 0 Å². The van der Waals surface area contributed by atoms with Crippen LogP contribution in [0.25, 0.3) is 0 Å². The minimum absolute atomic E-state index is 0.00699. The van der Waals surface area contributed by atoms with Gasteiger partial charge in [-0.1, -0.05) is 5.16 Å². The van der Waals surface area contributed by atoms with Crippen molar-refractivity contribution in [3.8, 4) is 0 Å². The van der Waals surface area contributed by atoms with Crippen molar-refractivity contribution in [1.29, 1.82) is 0 Å². The Labute approximate surface area is 247 Å². The lowest BCUT2D eigenvalue weighted by molar-refractivity contribution is -0.173. The van der Waals surface area contributed by atoms with E-state index in [1.165, 1.54) is 47.0 Å². The van der Waals surface area contributed by atoms with Crippen LogP contribution in [0.15, 0.2) is 32.8 Å². The van der Waals surface area contributed by atoms with Gasteiger partial charge in [0.2, 0.25) is 6.79 Å². The van der Waals surface area contributed by atoms with Gasteiger partial charge < -0.3 is 30.1 Å². The third-order valence-electron chi connectivity index (χ3n) is 5.75. The number of nitrogens with zero attached hydrogens (tertiary/aromatic N) is 3. The monoisotopic (exact) mass is 625 g/mol. The van der Waals surface area contributed by atoms with Crippen molar-refractivity contribution < 1.29 is 43.0 Å². The number of hydrogen-bond acceptors (Lipinski definition) is 15. The number of cyclic esters (lactones) is 1. The number of nitrogens with one attached hydrogen (secondary N) is 1. The first-order valence-corrected chi connectivity index (χ1v) is 15.0. The molecule has 41 heavy (non-hydrogen) atoms. The highest BCUT2D eigenvalue weighted by molar-refractivity contribution is 8.03. The first-order valence-electron chi connectivity index (χ1n) is 12.0. The van der Waals surface area contributed by atoms with E-state index in [0.29, 0.717) is 16.2 Å². The number of β-lactam (4-membered cyclic amide) rings is 1. The van der Waals surface area contributed by atoms with Crippen molar-refractivity contribution in [2.75, 3.05) is 37.7 Å². The number of esters is 3. The van der Waals surface area contributed by atoms with Crippen molar-refractivity contribution in [2.24, 2.45) is 10.6 Å². The number of ether oxygens (including phenoxy) is 3. The number of carbonyl (C=O) groups is 5. The summed E-state index contributed by atoms with van der Waals surface area (Å²) in [7, 11) is 1.26. The van der Waals surface area contributed by atoms with E-state index in [9.17, 15) is 24.0 Å². The molecule has 0 bridgehead atoms. The summed E-state index contributed by atoms with van der Waals surface area (Å²) in [5.74, 6) is -2.55. The van der Waals surface area contributed by atoms with Gasteiger partial charge in [-0.3, -0.25) is 19.3 Å². The molecular weight excluding hydrogens is 598 g/mol. The average Bonchev–Trinajstić information content (AvgIpc) is 3.54. The largest absolute Gasteiger partial charge is 0.457 e. The minimum atomic E-state index is -0.982. The minimum Gasteiger partial charge on any atom is -0.457 e. The molecule has 3 aliphatic heterocycles. The number of thioether (sulfide) groups is 2. The number of nitrogen functional groups attached to an aromatic ring is 1. The maximum Gasteiger partial charge on any atom is 0.357 e. The van der Waals surface area contributed by atoms with Crippen LogP contribution in [0.5, 0.6) is 0 Å². The zero-order valence-corrected chi connectivity index (χ0v) is 24.9. The second-order valence-electron chi connectivity index (χ2n) is 9.75. The van der Waals surface area contributed by atoms with E-state index in [1.807, 2.05) is 0 Å². The number of amides is 2. The highest BCUT2D eigenvalue weighted by Crippen LogP contribution is 2.42. The summed E-state index contributed by atoms with van der Waals surface area (Å²) in [6.07, 6.45) is 1.36. The van der Waals surface area contributed by atoms with Gasteiger partial charge in [0.1, 0.15) is 36.5 Å². The fourth-order valence-electron chi connectivity index (χ4n) is 3.73. The van der Waals surface area contributed by atoms with Crippen LogP contribution < -0.4 is 11.1 Å². The van der Waals surface area contributed by atoms with Crippen molar-refractivity contribution in [3.63, 3.8) is 0 Å². The molecule has 0 aromatic carbocycles. The molecular formula is C24H27N5O9S3. The van der Waals surface area contributed by atoms with Crippen molar-refractivity contribution in [2.45, 2.75) is 32.2 Å². The highest BCUT2D eigenvalue weighted by Gasteiger charge is 2.54. The Morgan fingerprint density at radius 1 is 1.29 bits per heavy atom. The van der Waals surface area contributed by atoms with Crippen LogP contribution >= 0.6 is 34.9 Å². The molecule has 3 N–H and O–H groups in total. The topological polar surface area (TPSA) is 189 Å². The van der Waals surface area contributed by atoms with E-state index in [1.54, 1.807) is 20.8 Å². The van der Waals surface area contributed by atoms with E-state index >= 15 is 0 Å². The second-order valence-corrected chi connectivity index (χ2v) is 12.8. The number of nitrogens with two attached hydrogens (primary N) is 1. The van der Waals surface area contributed by atoms with Crippen LogP contribution in [0.2, 0.25) is 0 Å². The molecule has 1 aromatic rings. The Balaban J connectivity index is 1.51. The molecule has 17 heteroatoms. The van der Waals surface area contributed by atoms with Gasteiger partial charge in [0.15, 0.2) is 10.8 Å². The van der Waals surface area contributed by atoms with Gasteiger partial charge in [-0.05, 0) is 26.3 Å². The Morgan fingerprint density at radius 2 is 2.05 bits per heavy atom. The predicted molar refractivity (Wildman–Crippen MR) is 150 cm³/mol. The van der Waals surface area contributed by atoms with Crippen LogP contribution in [0.4, 0.5) is 5.13 Å². The smallest absolute Gasteiger partial charge is 0.357 e. The molecule has 0 unspecified atom stereocenters. The zero-order chi connectivity index (χ0) is 29.9. The van der Waals surface area contributed by atoms with Gasteiger partial charge in [0.25, 0.3) is 11.8 Å². The fourth-order valence-corrected chi connectivity index (χ4v) is 6.67. The maximum atomic E-state index is 13.3. The van der Waals surface area contributed by atoms with Crippen LogP contribution in [0.1, 0.15) is 26.5 Å².